The molecule has 27 heavy (non-hydrogen) atoms. The molecule has 1 unspecified atom stereocenters. The van der Waals surface area contributed by atoms with E-state index in [2.05, 4.69) is 26.6 Å². The van der Waals surface area contributed by atoms with Gasteiger partial charge in [-0.2, -0.15) is 0 Å². The van der Waals surface area contributed by atoms with Crippen molar-refractivity contribution in [2.24, 2.45) is 5.73 Å². The van der Waals surface area contributed by atoms with Crippen molar-refractivity contribution in [1.82, 2.24) is 5.32 Å². The Labute approximate surface area is 165 Å². The summed E-state index contributed by atoms with van der Waals surface area (Å²) in [6, 6.07) is 13.7. The second-order valence-electron chi connectivity index (χ2n) is 5.72. The Morgan fingerprint density at radius 3 is 2.44 bits per heavy atom. The predicted molar refractivity (Wildman–Crippen MR) is 105 cm³/mol. The van der Waals surface area contributed by atoms with Crippen LogP contribution in [0.15, 0.2) is 53.0 Å². The lowest BCUT2D eigenvalue weighted by Gasteiger charge is -2.16. The molecule has 4 N–H and O–H groups in total. The monoisotopic (exact) mass is 433 g/mol. The minimum Gasteiger partial charge on any atom is -0.481 e. The molecule has 7 nitrogen and oxygen atoms in total. The molecule has 0 aromatic heterocycles. The van der Waals surface area contributed by atoms with Gasteiger partial charge in [0, 0.05) is 17.4 Å². The molecule has 0 saturated heterocycles. The van der Waals surface area contributed by atoms with E-state index in [9.17, 15) is 14.4 Å². The van der Waals surface area contributed by atoms with E-state index in [-0.39, 0.29) is 18.5 Å². The van der Waals surface area contributed by atoms with Gasteiger partial charge in [-0.3, -0.25) is 14.4 Å². The summed E-state index contributed by atoms with van der Waals surface area (Å²) in [5.74, 6) is -0.752. The van der Waals surface area contributed by atoms with Crippen LogP contribution in [0.2, 0.25) is 0 Å². The molecule has 3 amide bonds. The summed E-state index contributed by atoms with van der Waals surface area (Å²) < 4.78 is 6.52. The summed E-state index contributed by atoms with van der Waals surface area (Å²) >= 11 is 3.33. The van der Waals surface area contributed by atoms with Crippen LogP contribution in [-0.4, -0.2) is 30.4 Å². The zero-order valence-corrected chi connectivity index (χ0v) is 16.3. The zero-order chi connectivity index (χ0) is 19.8. The molecule has 8 heteroatoms. The molecule has 142 valence electrons. The molecule has 0 radical (unpaired) electrons. The molecule has 1 atom stereocenters. The molecular formula is C19H20BrN3O4. The summed E-state index contributed by atoms with van der Waals surface area (Å²) in [5.41, 5.74) is 5.69. The van der Waals surface area contributed by atoms with Crippen LogP contribution in [0.3, 0.4) is 0 Å². The summed E-state index contributed by atoms with van der Waals surface area (Å²) in [7, 11) is 0. The number of amides is 3. The first kappa shape index (κ1) is 20.4. The van der Waals surface area contributed by atoms with Crippen LogP contribution >= 0.6 is 15.9 Å². The lowest BCUT2D eigenvalue weighted by molar-refractivity contribution is -0.122. The lowest BCUT2D eigenvalue weighted by Crippen LogP contribution is -2.32. The van der Waals surface area contributed by atoms with Gasteiger partial charge in [0.05, 0.1) is 11.3 Å². The Balaban J connectivity index is 2.01. The van der Waals surface area contributed by atoms with Crippen LogP contribution in [0, 0.1) is 0 Å². The van der Waals surface area contributed by atoms with E-state index in [1.807, 2.05) is 12.1 Å². The Morgan fingerprint density at radius 1 is 1.11 bits per heavy atom. The SMILES string of the molecule is CC(Oc1ccc(Br)cc1)C(=O)Nc1ccccc1C(=O)NCCC(N)=O. The van der Waals surface area contributed by atoms with Crippen molar-refractivity contribution in [2.75, 3.05) is 11.9 Å². The fraction of sp³-hybridized carbons (Fsp3) is 0.211. The number of ether oxygens (including phenoxy) is 1. The number of nitrogens with one attached hydrogen (secondary N) is 2. The van der Waals surface area contributed by atoms with Gasteiger partial charge in [0.15, 0.2) is 6.10 Å². The predicted octanol–water partition coefficient (Wildman–Crippen LogP) is 2.46. The number of anilines is 1. The van der Waals surface area contributed by atoms with Gasteiger partial charge >= 0.3 is 0 Å². The van der Waals surface area contributed by atoms with E-state index in [4.69, 9.17) is 10.5 Å². The third-order valence-corrected chi connectivity index (χ3v) is 4.11. The summed E-state index contributed by atoms with van der Waals surface area (Å²) in [6.45, 7) is 1.74. The van der Waals surface area contributed by atoms with Gasteiger partial charge in [-0.15, -0.1) is 0 Å². The number of halogens is 1. The molecule has 0 aliphatic rings. The number of para-hydroxylation sites is 1. The average Bonchev–Trinajstić information content (AvgIpc) is 2.63. The van der Waals surface area contributed by atoms with Gasteiger partial charge < -0.3 is 21.1 Å². The molecule has 2 aromatic rings. The Morgan fingerprint density at radius 2 is 1.78 bits per heavy atom. The Bertz CT molecular complexity index is 824. The van der Waals surface area contributed by atoms with E-state index >= 15 is 0 Å². The van der Waals surface area contributed by atoms with Gasteiger partial charge in [-0.05, 0) is 43.3 Å². The van der Waals surface area contributed by atoms with Gasteiger partial charge in [0.25, 0.3) is 11.8 Å². The van der Waals surface area contributed by atoms with Gasteiger partial charge in [0.1, 0.15) is 5.75 Å². The fourth-order valence-corrected chi connectivity index (χ4v) is 2.45. The molecule has 2 aromatic carbocycles. The van der Waals surface area contributed by atoms with Crippen molar-refractivity contribution in [3.63, 3.8) is 0 Å². The number of benzene rings is 2. The molecular weight excluding hydrogens is 414 g/mol. The normalized spacial score (nSPS) is 11.3. The summed E-state index contributed by atoms with van der Waals surface area (Å²) in [4.78, 5) is 35.5. The topological polar surface area (TPSA) is 111 Å². The largest absolute Gasteiger partial charge is 0.481 e. The molecule has 0 aliphatic carbocycles. The molecule has 0 spiro atoms. The van der Waals surface area contributed by atoms with E-state index < -0.39 is 23.8 Å². The van der Waals surface area contributed by atoms with Crippen LogP contribution in [0.25, 0.3) is 0 Å². The van der Waals surface area contributed by atoms with Gasteiger partial charge in [-0.1, -0.05) is 28.1 Å². The maximum absolute atomic E-state index is 12.4. The van der Waals surface area contributed by atoms with Crippen LogP contribution < -0.4 is 21.1 Å². The van der Waals surface area contributed by atoms with E-state index in [1.54, 1.807) is 43.3 Å². The second kappa shape index (κ2) is 9.72. The van der Waals surface area contributed by atoms with Crippen molar-refractivity contribution in [1.29, 1.82) is 0 Å². The molecule has 0 aliphatic heterocycles. The highest BCUT2D eigenvalue weighted by Crippen LogP contribution is 2.19. The number of nitrogens with two attached hydrogens (primary N) is 1. The highest BCUT2D eigenvalue weighted by molar-refractivity contribution is 9.10. The molecule has 0 heterocycles. The third-order valence-electron chi connectivity index (χ3n) is 3.58. The zero-order valence-electron chi connectivity index (χ0n) is 14.7. The first-order valence-corrected chi connectivity index (χ1v) is 9.04. The minimum absolute atomic E-state index is 0.0400. The first-order chi connectivity index (χ1) is 12.9. The van der Waals surface area contributed by atoms with Crippen molar-refractivity contribution in [3.8, 4) is 5.75 Å². The second-order valence-corrected chi connectivity index (χ2v) is 6.64. The minimum atomic E-state index is -0.767. The van der Waals surface area contributed by atoms with Crippen LogP contribution in [-0.2, 0) is 9.59 Å². The smallest absolute Gasteiger partial charge is 0.265 e. The number of hydrogen-bond acceptors (Lipinski definition) is 4. The quantitative estimate of drug-likeness (QED) is 0.593. The van der Waals surface area contributed by atoms with Gasteiger partial charge in [0.2, 0.25) is 5.91 Å². The highest BCUT2D eigenvalue weighted by atomic mass is 79.9. The third kappa shape index (κ3) is 6.41. The van der Waals surface area contributed by atoms with E-state index in [0.717, 1.165) is 4.47 Å². The Hall–Kier alpha value is -2.87. The van der Waals surface area contributed by atoms with E-state index in [1.165, 1.54) is 0 Å². The maximum Gasteiger partial charge on any atom is 0.265 e. The average molecular weight is 434 g/mol. The van der Waals surface area contributed by atoms with Crippen LogP contribution in [0.4, 0.5) is 5.69 Å². The lowest BCUT2D eigenvalue weighted by atomic mass is 10.1. The van der Waals surface area contributed by atoms with E-state index in [0.29, 0.717) is 11.4 Å². The number of primary amides is 1. The molecule has 2 rings (SSSR count). The molecule has 0 bridgehead atoms. The summed E-state index contributed by atoms with van der Waals surface area (Å²) in [5, 5.41) is 5.29. The highest BCUT2D eigenvalue weighted by Gasteiger charge is 2.18. The number of carbonyl (C=O) groups is 3. The molecule has 0 fully saturated rings. The number of hydrogen-bond donors (Lipinski definition) is 3. The first-order valence-electron chi connectivity index (χ1n) is 8.25. The van der Waals surface area contributed by atoms with Crippen molar-refractivity contribution in [3.05, 3.63) is 58.6 Å². The standard InChI is InChI=1S/C19H20BrN3O4/c1-12(27-14-8-6-13(20)7-9-14)18(25)23-16-5-3-2-4-15(16)19(26)22-11-10-17(21)24/h2-9,12H,10-11H2,1H3,(H2,21,24)(H,22,26)(H,23,25). The fourth-order valence-electron chi connectivity index (χ4n) is 2.19. The van der Waals surface area contributed by atoms with Crippen LogP contribution in [0.5, 0.6) is 5.75 Å². The number of rotatable bonds is 8. The Kier molecular flexibility index (Phi) is 7.36. The van der Waals surface area contributed by atoms with Crippen molar-refractivity contribution in [2.45, 2.75) is 19.4 Å². The van der Waals surface area contributed by atoms with Gasteiger partial charge in [-0.25, -0.2) is 0 Å². The van der Waals surface area contributed by atoms with Crippen molar-refractivity contribution >= 4 is 39.3 Å². The molecule has 0 saturated carbocycles. The summed E-state index contributed by atoms with van der Waals surface area (Å²) in [6.07, 6.45) is -0.727. The number of carbonyl (C=O) groups excluding carboxylic acids is 3. The van der Waals surface area contributed by atoms with Crippen molar-refractivity contribution < 1.29 is 19.1 Å². The van der Waals surface area contributed by atoms with Crippen LogP contribution in [0.1, 0.15) is 23.7 Å². The maximum atomic E-state index is 12.4.